The van der Waals surface area contributed by atoms with Crippen LogP contribution in [0.1, 0.15) is 16.1 Å². The van der Waals surface area contributed by atoms with Gasteiger partial charge in [0.15, 0.2) is 0 Å². The Kier molecular flexibility index (Phi) is 1.65. The van der Waals surface area contributed by atoms with Crippen molar-refractivity contribution in [2.24, 2.45) is 0 Å². The van der Waals surface area contributed by atoms with Crippen molar-refractivity contribution < 1.29 is 4.79 Å². The molecule has 1 aliphatic heterocycles. The fraction of sp³-hybridized carbons (Fsp3) is 0.0833. The van der Waals surface area contributed by atoms with E-state index in [9.17, 15) is 4.79 Å². The van der Waals surface area contributed by atoms with E-state index in [4.69, 9.17) is 0 Å². The highest BCUT2D eigenvalue weighted by atomic mass is 16.1. The van der Waals surface area contributed by atoms with Crippen LogP contribution in [0.2, 0.25) is 0 Å². The monoisotopic (exact) mass is 198 g/mol. The van der Waals surface area contributed by atoms with Gasteiger partial charge in [-0.25, -0.2) is 0 Å². The van der Waals surface area contributed by atoms with Crippen molar-refractivity contribution in [2.75, 3.05) is 6.54 Å². The van der Waals surface area contributed by atoms with Crippen LogP contribution < -0.4 is 5.32 Å². The third-order valence-corrected chi connectivity index (χ3v) is 2.64. The van der Waals surface area contributed by atoms with Crippen LogP contribution in [0.25, 0.3) is 17.0 Å². The molecule has 0 bridgehead atoms. The molecule has 0 spiro atoms. The number of para-hydroxylation sites is 1. The third kappa shape index (κ3) is 1.16. The molecule has 1 aromatic heterocycles. The summed E-state index contributed by atoms with van der Waals surface area (Å²) in [5.74, 6) is -0.0359. The molecule has 0 atom stereocenters. The number of hydrogen-bond donors (Lipinski definition) is 2. The Balaban J connectivity index is 2.39. The number of nitrogens with one attached hydrogen (secondary N) is 2. The van der Waals surface area contributed by atoms with Crippen molar-refractivity contribution in [3.63, 3.8) is 0 Å². The maximum Gasteiger partial charge on any atom is 0.268 e. The number of aromatic amines is 1. The molecule has 2 N–H and O–H groups in total. The largest absolute Gasteiger partial charge is 0.350 e. The maximum atomic E-state index is 11.7. The summed E-state index contributed by atoms with van der Waals surface area (Å²) in [7, 11) is 0. The molecule has 74 valence electrons. The molecule has 2 aromatic rings. The Morgan fingerprint density at radius 1 is 1.20 bits per heavy atom. The van der Waals surface area contributed by atoms with E-state index >= 15 is 0 Å². The predicted octanol–water partition coefficient (Wildman–Crippen LogP) is 1.92. The molecule has 0 unspecified atom stereocenters. The standard InChI is InChI=1S/C12H10N2O/c15-12-11-9(5-3-7-13-12)8-4-1-2-6-10(8)14-11/h1-6,14H,7H2,(H,13,15). The normalized spacial score (nSPS) is 14.8. The van der Waals surface area contributed by atoms with Crippen molar-refractivity contribution >= 4 is 22.9 Å². The van der Waals surface area contributed by atoms with Crippen LogP contribution in [0.4, 0.5) is 0 Å². The topological polar surface area (TPSA) is 44.9 Å². The number of carbonyl (C=O) groups excluding carboxylic acids is 1. The quantitative estimate of drug-likeness (QED) is 0.667. The fourth-order valence-corrected chi connectivity index (χ4v) is 1.93. The van der Waals surface area contributed by atoms with E-state index in [2.05, 4.69) is 10.3 Å². The molecule has 1 amide bonds. The molecular weight excluding hydrogens is 188 g/mol. The zero-order valence-electron chi connectivity index (χ0n) is 8.08. The van der Waals surface area contributed by atoms with E-state index in [0.717, 1.165) is 16.5 Å². The summed E-state index contributed by atoms with van der Waals surface area (Å²) in [6.07, 6.45) is 3.95. The van der Waals surface area contributed by atoms with Gasteiger partial charge in [0.25, 0.3) is 5.91 Å². The van der Waals surface area contributed by atoms with Gasteiger partial charge in [-0.1, -0.05) is 30.4 Å². The predicted molar refractivity (Wildman–Crippen MR) is 59.7 cm³/mol. The summed E-state index contributed by atoms with van der Waals surface area (Å²) >= 11 is 0. The zero-order valence-corrected chi connectivity index (χ0v) is 8.08. The number of H-pyrrole nitrogens is 1. The molecule has 0 radical (unpaired) electrons. The minimum Gasteiger partial charge on any atom is -0.350 e. The van der Waals surface area contributed by atoms with Crippen molar-refractivity contribution in [1.82, 2.24) is 10.3 Å². The second-order valence-electron chi connectivity index (χ2n) is 3.57. The number of rotatable bonds is 0. The number of amides is 1. The molecule has 0 aliphatic carbocycles. The number of carbonyl (C=O) groups is 1. The lowest BCUT2D eigenvalue weighted by atomic mass is 10.1. The molecule has 0 fully saturated rings. The summed E-state index contributed by atoms with van der Waals surface area (Å²) < 4.78 is 0. The highest BCUT2D eigenvalue weighted by Crippen LogP contribution is 2.24. The molecule has 1 aromatic carbocycles. The lowest BCUT2D eigenvalue weighted by molar-refractivity contribution is 0.0954. The molecular formula is C12H10N2O. The Hall–Kier alpha value is -2.03. The van der Waals surface area contributed by atoms with E-state index in [1.807, 2.05) is 36.4 Å². The highest BCUT2D eigenvalue weighted by molar-refractivity contribution is 6.05. The second kappa shape index (κ2) is 2.98. The molecule has 0 saturated carbocycles. The number of fused-ring (bicyclic) bond motifs is 3. The van der Waals surface area contributed by atoms with Crippen LogP contribution in [0.15, 0.2) is 30.3 Å². The first-order valence-electron chi connectivity index (χ1n) is 4.92. The SMILES string of the molecule is O=C1NCC=Cc2c1[nH]c1ccccc21. The van der Waals surface area contributed by atoms with E-state index < -0.39 is 0 Å². The molecule has 1 aliphatic rings. The van der Waals surface area contributed by atoms with E-state index in [-0.39, 0.29) is 5.91 Å². The van der Waals surface area contributed by atoms with Crippen molar-refractivity contribution in [2.45, 2.75) is 0 Å². The van der Waals surface area contributed by atoms with Gasteiger partial charge in [0.1, 0.15) is 5.69 Å². The summed E-state index contributed by atoms with van der Waals surface area (Å²) in [5, 5.41) is 3.90. The van der Waals surface area contributed by atoms with Gasteiger partial charge in [0.2, 0.25) is 0 Å². The van der Waals surface area contributed by atoms with Crippen molar-refractivity contribution in [1.29, 1.82) is 0 Å². The van der Waals surface area contributed by atoms with Crippen molar-refractivity contribution in [3.05, 3.63) is 41.6 Å². The summed E-state index contributed by atoms with van der Waals surface area (Å²) in [4.78, 5) is 14.8. The summed E-state index contributed by atoms with van der Waals surface area (Å²) in [6.45, 7) is 0.593. The van der Waals surface area contributed by atoms with E-state index in [1.165, 1.54) is 0 Å². The maximum absolute atomic E-state index is 11.7. The first kappa shape index (κ1) is 8.29. The van der Waals surface area contributed by atoms with Crippen LogP contribution in [0.5, 0.6) is 0 Å². The average molecular weight is 198 g/mol. The van der Waals surface area contributed by atoms with Gasteiger partial charge < -0.3 is 10.3 Å². The van der Waals surface area contributed by atoms with Gasteiger partial charge in [-0.2, -0.15) is 0 Å². The third-order valence-electron chi connectivity index (χ3n) is 2.64. The molecule has 15 heavy (non-hydrogen) atoms. The number of benzene rings is 1. The van der Waals surface area contributed by atoms with Gasteiger partial charge in [-0.3, -0.25) is 4.79 Å². The smallest absolute Gasteiger partial charge is 0.268 e. The van der Waals surface area contributed by atoms with Gasteiger partial charge in [-0.05, 0) is 6.07 Å². The first-order valence-corrected chi connectivity index (χ1v) is 4.92. The Morgan fingerprint density at radius 2 is 2.07 bits per heavy atom. The summed E-state index contributed by atoms with van der Waals surface area (Å²) in [6, 6.07) is 7.94. The minimum atomic E-state index is -0.0359. The Labute approximate surface area is 86.8 Å². The van der Waals surface area contributed by atoms with Crippen LogP contribution >= 0.6 is 0 Å². The van der Waals surface area contributed by atoms with Gasteiger partial charge in [-0.15, -0.1) is 0 Å². The Bertz CT molecular complexity index is 566. The number of hydrogen-bond acceptors (Lipinski definition) is 1. The molecule has 0 saturated heterocycles. The number of aromatic nitrogens is 1. The second-order valence-corrected chi connectivity index (χ2v) is 3.57. The van der Waals surface area contributed by atoms with Crippen LogP contribution in [0.3, 0.4) is 0 Å². The van der Waals surface area contributed by atoms with Crippen LogP contribution in [0, 0.1) is 0 Å². The molecule has 3 heteroatoms. The lowest BCUT2D eigenvalue weighted by Gasteiger charge is -1.96. The average Bonchev–Trinajstić information content (AvgIpc) is 2.54. The molecule has 3 rings (SSSR count). The first-order chi connectivity index (χ1) is 7.36. The Morgan fingerprint density at radius 3 is 3.00 bits per heavy atom. The van der Waals surface area contributed by atoms with Gasteiger partial charge in [0, 0.05) is 23.0 Å². The zero-order chi connectivity index (χ0) is 10.3. The fourth-order valence-electron chi connectivity index (χ4n) is 1.93. The lowest BCUT2D eigenvalue weighted by Crippen LogP contribution is -2.22. The molecule has 2 heterocycles. The van der Waals surface area contributed by atoms with Gasteiger partial charge >= 0.3 is 0 Å². The van der Waals surface area contributed by atoms with E-state index in [0.29, 0.717) is 12.2 Å². The minimum absolute atomic E-state index is 0.0359. The van der Waals surface area contributed by atoms with E-state index in [1.54, 1.807) is 0 Å². The van der Waals surface area contributed by atoms with Crippen molar-refractivity contribution in [3.8, 4) is 0 Å². The summed E-state index contributed by atoms with van der Waals surface area (Å²) in [5.41, 5.74) is 2.65. The van der Waals surface area contributed by atoms with Crippen LogP contribution in [-0.2, 0) is 0 Å². The highest BCUT2D eigenvalue weighted by Gasteiger charge is 2.16. The molecule has 3 nitrogen and oxygen atoms in total. The van der Waals surface area contributed by atoms with Crippen LogP contribution in [-0.4, -0.2) is 17.4 Å². The van der Waals surface area contributed by atoms with Gasteiger partial charge in [0.05, 0.1) is 0 Å².